The first-order chi connectivity index (χ1) is 10.3. The van der Waals surface area contributed by atoms with E-state index in [0.717, 1.165) is 23.1 Å². The van der Waals surface area contributed by atoms with Gasteiger partial charge in [-0.15, -0.1) is 11.3 Å². The molecule has 0 atom stereocenters. The topological polar surface area (TPSA) is 83.1 Å². The average molecular weight is 404 g/mol. The SMILES string of the molecule is CS(=O)(=O)c1nc2c(c(=O)[nH]1)CN(Cc1ccc(Br)s1)CC2. The number of nitrogens with zero attached hydrogens (tertiary/aromatic N) is 2. The van der Waals surface area contributed by atoms with Crippen LogP contribution in [0.4, 0.5) is 0 Å². The molecule has 2 aromatic rings. The van der Waals surface area contributed by atoms with Crippen molar-refractivity contribution in [3.63, 3.8) is 0 Å². The van der Waals surface area contributed by atoms with E-state index in [2.05, 4.69) is 36.9 Å². The second-order valence-electron chi connectivity index (χ2n) is 5.23. The van der Waals surface area contributed by atoms with Gasteiger partial charge in [0.05, 0.1) is 15.0 Å². The lowest BCUT2D eigenvalue weighted by Gasteiger charge is -2.27. The molecule has 1 aliphatic heterocycles. The van der Waals surface area contributed by atoms with Crippen LogP contribution >= 0.6 is 27.3 Å². The van der Waals surface area contributed by atoms with Crippen LogP contribution in [0.1, 0.15) is 16.1 Å². The van der Waals surface area contributed by atoms with Gasteiger partial charge in [-0.25, -0.2) is 13.4 Å². The third kappa shape index (κ3) is 3.32. The maximum atomic E-state index is 12.1. The highest BCUT2D eigenvalue weighted by atomic mass is 79.9. The molecule has 118 valence electrons. The van der Waals surface area contributed by atoms with Crippen LogP contribution in [0.15, 0.2) is 25.9 Å². The number of hydrogen-bond acceptors (Lipinski definition) is 6. The Balaban J connectivity index is 1.86. The van der Waals surface area contributed by atoms with Gasteiger partial charge in [0.25, 0.3) is 5.56 Å². The lowest BCUT2D eigenvalue weighted by molar-refractivity contribution is 0.243. The maximum absolute atomic E-state index is 12.1. The molecule has 0 aromatic carbocycles. The van der Waals surface area contributed by atoms with Gasteiger partial charge in [-0.1, -0.05) is 0 Å². The first kappa shape index (κ1) is 15.9. The molecule has 22 heavy (non-hydrogen) atoms. The van der Waals surface area contributed by atoms with Crippen molar-refractivity contribution < 1.29 is 8.42 Å². The van der Waals surface area contributed by atoms with E-state index >= 15 is 0 Å². The maximum Gasteiger partial charge on any atom is 0.256 e. The zero-order chi connectivity index (χ0) is 15.9. The van der Waals surface area contributed by atoms with Gasteiger partial charge in [-0.3, -0.25) is 14.7 Å². The third-order valence-corrected chi connectivity index (χ3v) is 5.99. The van der Waals surface area contributed by atoms with Crippen LogP contribution in [0.3, 0.4) is 0 Å². The largest absolute Gasteiger partial charge is 0.297 e. The van der Waals surface area contributed by atoms with Crippen LogP contribution < -0.4 is 5.56 Å². The fraction of sp³-hybridized carbons (Fsp3) is 0.385. The molecule has 0 fully saturated rings. The summed E-state index contributed by atoms with van der Waals surface area (Å²) in [5.74, 6) is 0. The van der Waals surface area contributed by atoms with Gasteiger partial charge in [0.2, 0.25) is 15.0 Å². The smallest absolute Gasteiger partial charge is 0.256 e. The molecule has 3 rings (SSSR count). The Morgan fingerprint density at radius 3 is 2.86 bits per heavy atom. The normalized spacial score (nSPS) is 15.7. The van der Waals surface area contributed by atoms with Crippen molar-refractivity contribution >= 4 is 37.1 Å². The monoisotopic (exact) mass is 403 g/mol. The molecular weight excluding hydrogens is 390 g/mol. The third-order valence-electron chi connectivity index (χ3n) is 3.49. The molecule has 0 bridgehead atoms. The number of H-pyrrole nitrogens is 1. The molecular formula is C13H14BrN3O3S2. The summed E-state index contributed by atoms with van der Waals surface area (Å²) in [6, 6.07) is 4.06. The van der Waals surface area contributed by atoms with Crippen LogP contribution in [0.25, 0.3) is 0 Å². The summed E-state index contributed by atoms with van der Waals surface area (Å²) >= 11 is 5.11. The summed E-state index contributed by atoms with van der Waals surface area (Å²) in [6.07, 6.45) is 1.62. The predicted molar refractivity (Wildman–Crippen MR) is 87.8 cm³/mol. The lowest BCUT2D eigenvalue weighted by atomic mass is 10.1. The minimum Gasteiger partial charge on any atom is -0.297 e. The van der Waals surface area contributed by atoms with Crippen LogP contribution in [0.2, 0.25) is 0 Å². The van der Waals surface area contributed by atoms with E-state index in [9.17, 15) is 13.2 Å². The Morgan fingerprint density at radius 2 is 2.23 bits per heavy atom. The number of aromatic nitrogens is 2. The van der Waals surface area contributed by atoms with Crippen LogP contribution in [-0.2, 0) is 29.3 Å². The number of fused-ring (bicyclic) bond motifs is 1. The Hall–Kier alpha value is -1.03. The van der Waals surface area contributed by atoms with E-state index in [0.29, 0.717) is 24.2 Å². The summed E-state index contributed by atoms with van der Waals surface area (Å²) in [6.45, 7) is 2.00. The molecule has 0 saturated heterocycles. The fourth-order valence-corrected chi connectivity index (χ4v) is 4.51. The van der Waals surface area contributed by atoms with Crippen molar-refractivity contribution in [3.05, 3.63) is 42.4 Å². The molecule has 2 aromatic heterocycles. The van der Waals surface area contributed by atoms with Crippen LogP contribution in [0, 0.1) is 0 Å². The average Bonchev–Trinajstić information content (AvgIpc) is 2.83. The molecule has 6 nitrogen and oxygen atoms in total. The first-order valence-corrected chi connectivity index (χ1v) is 10.1. The Morgan fingerprint density at radius 1 is 1.45 bits per heavy atom. The van der Waals surface area contributed by atoms with Crippen molar-refractivity contribution in [1.29, 1.82) is 0 Å². The van der Waals surface area contributed by atoms with Crippen molar-refractivity contribution in [1.82, 2.24) is 14.9 Å². The highest BCUT2D eigenvalue weighted by molar-refractivity contribution is 9.11. The van der Waals surface area contributed by atoms with Crippen molar-refractivity contribution in [2.75, 3.05) is 12.8 Å². The number of halogens is 1. The van der Waals surface area contributed by atoms with Gasteiger partial charge in [0.1, 0.15) is 0 Å². The summed E-state index contributed by atoms with van der Waals surface area (Å²) in [4.78, 5) is 22.0. The minimum atomic E-state index is -3.50. The Labute approximate surface area is 140 Å². The number of sulfone groups is 1. The van der Waals surface area contributed by atoms with E-state index in [-0.39, 0.29) is 10.7 Å². The number of aromatic amines is 1. The van der Waals surface area contributed by atoms with E-state index in [1.165, 1.54) is 4.88 Å². The Kier molecular flexibility index (Phi) is 4.23. The molecule has 1 aliphatic rings. The zero-order valence-corrected chi connectivity index (χ0v) is 15.0. The number of thiophene rings is 1. The van der Waals surface area contributed by atoms with Gasteiger partial charge in [-0.2, -0.15) is 0 Å². The number of rotatable bonds is 3. The molecule has 0 spiro atoms. The van der Waals surface area contributed by atoms with Crippen LogP contribution in [-0.4, -0.2) is 36.1 Å². The standard InChI is InChI=1S/C13H14BrN3O3S2/c1-22(19,20)13-15-10-4-5-17(7-9(10)12(18)16-13)6-8-2-3-11(14)21-8/h2-3H,4-7H2,1H3,(H,15,16,18). The minimum absolute atomic E-state index is 0.244. The van der Waals surface area contributed by atoms with E-state index < -0.39 is 9.84 Å². The van der Waals surface area contributed by atoms with Gasteiger partial charge in [0, 0.05) is 37.2 Å². The molecule has 0 saturated carbocycles. The highest BCUT2D eigenvalue weighted by Crippen LogP contribution is 2.25. The van der Waals surface area contributed by atoms with Gasteiger partial charge in [-0.05, 0) is 28.1 Å². The van der Waals surface area contributed by atoms with E-state index in [4.69, 9.17) is 0 Å². The molecule has 3 heterocycles. The molecule has 0 aliphatic carbocycles. The lowest BCUT2D eigenvalue weighted by Crippen LogP contribution is -2.35. The summed E-state index contributed by atoms with van der Waals surface area (Å²) in [5.41, 5.74) is 0.796. The van der Waals surface area contributed by atoms with Crippen LogP contribution in [0.5, 0.6) is 0 Å². The molecule has 0 radical (unpaired) electrons. The molecule has 0 unspecified atom stereocenters. The molecule has 0 amide bonds. The van der Waals surface area contributed by atoms with Gasteiger partial charge < -0.3 is 0 Å². The molecule has 1 N–H and O–H groups in total. The first-order valence-electron chi connectivity index (χ1n) is 6.61. The molecule has 9 heteroatoms. The second-order valence-corrected chi connectivity index (χ2v) is 9.71. The van der Waals surface area contributed by atoms with Gasteiger partial charge in [0.15, 0.2) is 0 Å². The van der Waals surface area contributed by atoms with Gasteiger partial charge >= 0.3 is 0 Å². The quantitative estimate of drug-likeness (QED) is 0.786. The van der Waals surface area contributed by atoms with Crippen molar-refractivity contribution in [3.8, 4) is 0 Å². The summed E-state index contributed by atoms with van der Waals surface area (Å²) in [7, 11) is -3.50. The second kappa shape index (κ2) is 5.88. The number of nitrogens with one attached hydrogen (secondary N) is 1. The highest BCUT2D eigenvalue weighted by Gasteiger charge is 2.23. The number of hydrogen-bond donors (Lipinski definition) is 1. The Bertz CT molecular complexity index is 873. The summed E-state index contributed by atoms with van der Waals surface area (Å²) in [5, 5.41) is -0.244. The predicted octanol–water partition coefficient (Wildman–Crippen LogP) is 1.56. The van der Waals surface area contributed by atoms with Crippen molar-refractivity contribution in [2.24, 2.45) is 0 Å². The summed E-state index contributed by atoms with van der Waals surface area (Å²) < 4.78 is 24.1. The van der Waals surface area contributed by atoms with Crippen molar-refractivity contribution in [2.45, 2.75) is 24.7 Å². The van der Waals surface area contributed by atoms with E-state index in [1.807, 2.05) is 6.07 Å². The fourth-order valence-electron chi connectivity index (χ4n) is 2.43. The van der Waals surface area contributed by atoms with E-state index in [1.54, 1.807) is 11.3 Å². The zero-order valence-electron chi connectivity index (χ0n) is 11.8.